The highest BCUT2D eigenvalue weighted by Gasteiger charge is 2.34. The summed E-state index contributed by atoms with van der Waals surface area (Å²) in [7, 11) is 1.20. The SMILES string of the molecule is CCOC(=O)Cc1ncc(OC)c(OC(F)(F)F)c1CBr. The second kappa shape index (κ2) is 7.48. The molecule has 9 heteroatoms. The van der Waals surface area contributed by atoms with Crippen LogP contribution in [-0.4, -0.2) is 31.0 Å². The van der Waals surface area contributed by atoms with Crippen LogP contribution in [0.2, 0.25) is 0 Å². The van der Waals surface area contributed by atoms with Crippen LogP contribution in [0.25, 0.3) is 0 Å². The molecule has 0 fully saturated rings. The lowest BCUT2D eigenvalue weighted by molar-refractivity contribution is -0.275. The summed E-state index contributed by atoms with van der Waals surface area (Å²) in [5.41, 5.74) is 0.213. The second-order valence-corrected chi connectivity index (χ2v) is 4.30. The molecule has 0 atom stereocenters. The Balaban J connectivity index is 3.22. The van der Waals surface area contributed by atoms with E-state index in [0.717, 1.165) is 6.20 Å². The molecule has 0 spiro atoms. The fourth-order valence-corrected chi connectivity index (χ4v) is 2.14. The average molecular weight is 372 g/mol. The maximum Gasteiger partial charge on any atom is 0.573 e. The van der Waals surface area contributed by atoms with E-state index in [-0.39, 0.29) is 35.4 Å². The highest BCUT2D eigenvalue weighted by atomic mass is 79.9. The van der Waals surface area contributed by atoms with Crippen LogP contribution in [0.4, 0.5) is 13.2 Å². The minimum absolute atomic E-state index is 0.0113. The van der Waals surface area contributed by atoms with Crippen molar-refractivity contribution in [3.63, 3.8) is 0 Å². The van der Waals surface area contributed by atoms with E-state index in [1.54, 1.807) is 6.92 Å². The molecule has 118 valence electrons. The molecule has 0 saturated heterocycles. The van der Waals surface area contributed by atoms with Gasteiger partial charge in [-0.25, -0.2) is 0 Å². The first-order valence-electron chi connectivity index (χ1n) is 5.84. The summed E-state index contributed by atoms with van der Waals surface area (Å²) in [4.78, 5) is 15.4. The van der Waals surface area contributed by atoms with Crippen molar-refractivity contribution in [2.75, 3.05) is 13.7 Å². The molecule has 21 heavy (non-hydrogen) atoms. The van der Waals surface area contributed by atoms with Crippen LogP contribution in [0.5, 0.6) is 11.5 Å². The predicted molar refractivity (Wildman–Crippen MR) is 70.4 cm³/mol. The Bertz CT molecular complexity index is 508. The molecule has 0 aliphatic heterocycles. The van der Waals surface area contributed by atoms with Gasteiger partial charge in [0.1, 0.15) is 0 Å². The van der Waals surface area contributed by atoms with Crippen molar-refractivity contribution < 1.29 is 32.2 Å². The molecule has 0 N–H and O–H groups in total. The number of rotatable bonds is 6. The molecule has 0 saturated carbocycles. The van der Waals surface area contributed by atoms with Gasteiger partial charge in [-0.3, -0.25) is 9.78 Å². The number of methoxy groups -OCH3 is 1. The van der Waals surface area contributed by atoms with Crippen molar-refractivity contribution in [1.82, 2.24) is 4.98 Å². The van der Waals surface area contributed by atoms with Crippen LogP contribution < -0.4 is 9.47 Å². The third kappa shape index (κ3) is 5.07. The molecular formula is C12H13BrF3NO4. The summed E-state index contributed by atoms with van der Waals surface area (Å²) < 4.78 is 51.0. The molecule has 1 aromatic heterocycles. The number of hydrogen-bond acceptors (Lipinski definition) is 5. The van der Waals surface area contributed by atoms with E-state index in [1.807, 2.05) is 0 Å². The molecule has 1 aromatic rings. The van der Waals surface area contributed by atoms with Gasteiger partial charge in [-0.15, -0.1) is 13.2 Å². The average Bonchev–Trinajstić information content (AvgIpc) is 2.37. The number of carbonyl (C=O) groups is 1. The van der Waals surface area contributed by atoms with Gasteiger partial charge in [-0.05, 0) is 6.92 Å². The van der Waals surface area contributed by atoms with Crippen molar-refractivity contribution in [3.8, 4) is 11.5 Å². The zero-order valence-corrected chi connectivity index (χ0v) is 12.9. The van der Waals surface area contributed by atoms with E-state index in [2.05, 4.69) is 25.7 Å². The molecule has 1 rings (SSSR count). The van der Waals surface area contributed by atoms with Crippen molar-refractivity contribution >= 4 is 21.9 Å². The molecule has 0 aromatic carbocycles. The van der Waals surface area contributed by atoms with Gasteiger partial charge in [0.2, 0.25) is 0 Å². The molecule has 5 nitrogen and oxygen atoms in total. The van der Waals surface area contributed by atoms with E-state index in [4.69, 9.17) is 9.47 Å². The van der Waals surface area contributed by atoms with E-state index in [0.29, 0.717) is 0 Å². The Morgan fingerprint density at radius 2 is 2.10 bits per heavy atom. The third-order valence-electron chi connectivity index (χ3n) is 2.37. The molecule has 0 radical (unpaired) electrons. The van der Waals surface area contributed by atoms with E-state index in [9.17, 15) is 18.0 Å². The molecule has 0 bridgehead atoms. The summed E-state index contributed by atoms with van der Waals surface area (Å²) in [5.74, 6) is -1.28. The summed E-state index contributed by atoms with van der Waals surface area (Å²) in [6.07, 6.45) is -4.07. The molecular weight excluding hydrogens is 359 g/mol. The Kier molecular flexibility index (Phi) is 6.25. The first kappa shape index (κ1) is 17.5. The minimum Gasteiger partial charge on any atom is -0.491 e. The van der Waals surface area contributed by atoms with Crippen molar-refractivity contribution in [3.05, 3.63) is 17.5 Å². The van der Waals surface area contributed by atoms with Gasteiger partial charge < -0.3 is 14.2 Å². The summed E-state index contributed by atoms with van der Waals surface area (Å²) >= 11 is 3.06. The first-order chi connectivity index (χ1) is 9.82. The summed E-state index contributed by atoms with van der Waals surface area (Å²) in [6, 6.07) is 0. The number of esters is 1. The lowest BCUT2D eigenvalue weighted by Crippen LogP contribution is -2.20. The standard InChI is InChI=1S/C12H13BrF3NO4/c1-3-20-10(18)4-8-7(5-13)11(21-12(14,15)16)9(19-2)6-17-8/h6H,3-5H2,1-2H3. The molecule has 0 amide bonds. The maximum absolute atomic E-state index is 12.5. The van der Waals surface area contributed by atoms with Crippen molar-refractivity contribution in [2.24, 2.45) is 0 Å². The van der Waals surface area contributed by atoms with Gasteiger partial charge in [-0.1, -0.05) is 15.9 Å². The fourth-order valence-electron chi connectivity index (χ4n) is 1.56. The Labute approximate surface area is 127 Å². The lowest BCUT2D eigenvalue weighted by atomic mass is 10.1. The van der Waals surface area contributed by atoms with Crippen LogP contribution in [0.1, 0.15) is 18.2 Å². The van der Waals surface area contributed by atoms with Gasteiger partial charge in [0.25, 0.3) is 0 Å². The highest BCUT2D eigenvalue weighted by Crippen LogP contribution is 2.37. The summed E-state index contributed by atoms with van der Waals surface area (Å²) in [6.45, 7) is 1.80. The number of hydrogen-bond donors (Lipinski definition) is 0. The monoisotopic (exact) mass is 371 g/mol. The van der Waals surface area contributed by atoms with Gasteiger partial charge >= 0.3 is 12.3 Å². The quantitative estimate of drug-likeness (QED) is 0.568. The second-order valence-electron chi connectivity index (χ2n) is 3.74. The lowest BCUT2D eigenvalue weighted by Gasteiger charge is -2.17. The Hall–Kier alpha value is -1.51. The third-order valence-corrected chi connectivity index (χ3v) is 2.93. The maximum atomic E-state index is 12.5. The van der Waals surface area contributed by atoms with Gasteiger partial charge in [0, 0.05) is 10.9 Å². The largest absolute Gasteiger partial charge is 0.573 e. The highest BCUT2D eigenvalue weighted by molar-refractivity contribution is 9.08. The number of nitrogens with zero attached hydrogens (tertiary/aromatic N) is 1. The van der Waals surface area contributed by atoms with Gasteiger partial charge in [0.05, 0.1) is 32.0 Å². The van der Waals surface area contributed by atoms with Crippen LogP contribution >= 0.6 is 15.9 Å². The topological polar surface area (TPSA) is 57.7 Å². The van der Waals surface area contributed by atoms with Gasteiger partial charge in [-0.2, -0.15) is 0 Å². The molecule has 0 aliphatic rings. The normalized spacial score (nSPS) is 11.1. The Morgan fingerprint density at radius 1 is 1.43 bits per heavy atom. The Morgan fingerprint density at radius 3 is 2.57 bits per heavy atom. The van der Waals surface area contributed by atoms with Crippen molar-refractivity contribution in [1.29, 1.82) is 0 Å². The van der Waals surface area contributed by atoms with Gasteiger partial charge in [0.15, 0.2) is 11.5 Å². The molecule has 0 aliphatic carbocycles. The fraction of sp³-hybridized carbons (Fsp3) is 0.500. The molecule has 0 unspecified atom stereocenters. The van der Waals surface area contributed by atoms with E-state index >= 15 is 0 Å². The first-order valence-corrected chi connectivity index (χ1v) is 6.96. The number of ether oxygens (including phenoxy) is 3. The number of carbonyl (C=O) groups excluding carboxylic acids is 1. The van der Waals surface area contributed by atoms with Crippen LogP contribution in [0.3, 0.4) is 0 Å². The number of aromatic nitrogens is 1. The smallest absolute Gasteiger partial charge is 0.491 e. The van der Waals surface area contributed by atoms with Crippen LogP contribution in [0, 0.1) is 0 Å². The predicted octanol–water partition coefficient (Wildman–Crippen LogP) is 2.99. The summed E-state index contributed by atoms with van der Waals surface area (Å²) in [5, 5.41) is 0.0113. The van der Waals surface area contributed by atoms with Crippen LogP contribution in [-0.2, 0) is 21.3 Å². The zero-order chi connectivity index (χ0) is 16.0. The van der Waals surface area contributed by atoms with Crippen molar-refractivity contribution in [2.45, 2.75) is 25.0 Å². The van der Waals surface area contributed by atoms with E-state index in [1.165, 1.54) is 7.11 Å². The number of halogens is 4. The van der Waals surface area contributed by atoms with Crippen LogP contribution in [0.15, 0.2) is 6.20 Å². The molecule has 1 heterocycles. The number of alkyl halides is 4. The zero-order valence-electron chi connectivity index (χ0n) is 11.3. The number of pyridine rings is 1. The minimum atomic E-state index is -4.88. The van der Waals surface area contributed by atoms with E-state index < -0.39 is 18.1 Å².